The summed E-state index contributed by atoms with van der Waals surface area (Å²) >= 11 is 0. The van der Waals surface area contributed by atoms with Crippen LogP contribution in [0.4, 0.5) is 0 Å². The standard InChI is InChI=1S/C18H29N3O4/c1-24-15-12-14(13-16(25-2)18(15)23)6-7-17(22)21-11-5-10-20-9-4-3-8-19/h6-7,12-13,20,23H,3-5,8-11,19H2,1-2H3,(H,21,22). The Morgan fingerprint density at radius 1 is 1.12 bits per heavy atom. The van der Waals surface area contributed by atoms with Gasteiger partial charge in [-0.15, -0.1) is 0 Å². The predicted octanol–water partition coefficient (Wildman–Crippen LogP) is 1.26. The Balaban J connectivity index is 2.37. The third-order valence-electron chi connectivity index (χ3n) is 3.57. The highest BCUT2D eigenvalue weighted by atomic mass is 16.5. The van der Waals surface area contributed by atoms with Gasteiger partial charge in [0.05, 0.1) is 14.2 Å². The molecular weight excluding hydrogens is 322 g/mol. The molecule has 1 rings (SSSR count). The van der Waals surface area contributed by atoms with Crippen LogP contribution in [0.5, 0.6) is 17.2 Å². The molecule has 0 atom stereocenters. The quantitative estimate of drug-likeness (QED) is 0.334. The molecule has 1 amide bonds. The van der Waals surface area contributed by atoms with Crippen molar-refractivity contribution in [3.8, 4) is 17.2 Å². The van der Waals surface area contributed by atoms with E-state index in [4.69, 9.17) is 15.2 Å². The maximum absolute atomic E-state index is 11.8. The number of aromatic hydroxyl groups is 1. The molecule has 0 radical (unpaired) electrons. The molecule has 0 aliphatic rings. The lowest BCUT2D eigenvalue weighted by Crippen LogP contribution is -2.26. The van der Waals surface area contributed by atoms with Crippen LogP contribution in [0.25, 0.3) is 6.08 Å². The summed E-state index contributed by atoms with van der Waals surface area (Å²) in [6, 6.07) is 3.26. The third kappa shape index (κ3) is 7.91. The summed E-state index contributed by atoms with van der Waals surface area (Å²) in [4.78, 5) is 11.8. The number of nitrogens with two attached hydrogens (primary N) is 1. The smallest absolute Gasteiger partial charge is 0.243 e. The van der Waals surface area contributed by atoms with Crippen molar-refractivity contribution in [2.24, 2.45) is 5.73 Å². The van der Waals surface area contributed by atoms with E-state index in [1.165, 1.54) is 20.3 Å². The average Bonchev–Trinajstić information content (AvgIpc) is 2.62. The van der Waals surface area contributed by atoms with Crippen molar-refractivity contribution in [2.75, 3.05) is 40.4 Å². The lowest BCUT2D eigenvalue weighted by atomic mass is 10.1. The van der Waals surface area contributed by atoms with E-state index < -0.39 is 0 Å². The minimum Gasteiger partial charge on any atom is -0.502 e. The molecule has 0 bridgehead atoms. The summed E-state index contributed by atoms with van der Waals surface area (Å²) in [7, 11) is 2.91. The van der Waals surface area contributed by atoms with Gasteiger partial charge in [0.1, 0.15) is 0 Å². The van der Waals surface area contributed by atoms with Crippen LogP contribution < -0.4 is 25.8 Å². The first-order valence-electron chi connectivity index (χ1n) is 8.44. The zero-order chi connectivity index (χ0) is 18.5. The Morgan fingerprint density at radius 3 is 2.36 bits per heavy atom. The van der Waals surface area contributed by atoms with E-state index >= 15 is 0 Å². The van der Waals surface area contributed by atoms with Crippen LogP contribution in [0.2, 0.25) is 0 Å². The molecule has 1 aromatic rings. The van der Waals surface area contributed by atoms with Gasteiger partial charge in [-0.3, -0.25) is 4.79 Å². The van der Waals surface area contributed by atoms with Gasteiger partial charge in [0.2, 0.25) is 11.7 Å². The summed E-state index contributed by atoms with van der Waals surface area (Å²) in [6.45, 7) is 3.15. The summed E-state index contributed by atoms with van der Waals surface area (Å²) in [5, 5.41) is 16.0. The molecule has 0 aromatic heterocycles. The number of unbranched alkanes of at least 4 members (excludes halogenated alkanes) is 1. The Labute approximate surface area is 149 Å². The first kappa shape index (κ1) is 20.8. The molecular formula is C18H29N3O4. The van der Waals surface area contributed by atoms with Crippen LogP contribution >= 0.6 is 0 Å². The summed E-state index contributed by atoms with van der Waals surface area (Å²) in [6.07, 6.45) is 6.06. The molecule has 5 N–H and O–H groups in total. The van der Waals surface area contributed by atoms with E-state index in [-0.39, 0.29) is 11.7 Å². The first-order chi connectivity index (χ1) is 12.1. The number of phenols is 1. The van der Waals surface area contributed by atoms with Gasteiger partial charge in [0.15, 0.2) is 11.5 Å². The Bertz CT molecular complexity index is 536. The fourth-order valence-electron chi connectivity index (χ4n) is 2.19. The van der Waals surface area contributed by atoms with Crippen LogP contribution in [-0.4, -0.2) is 51.4 Å². The molecule has 0 saturated heterocycles. The van der Waals surface area contributed by atoms with Gasteiger partial charge < -0.3 is 30.9 Å². The molecule has 7 nitrogen and oxygen atoms in total. The average molecular weight is 351 g/mol. The van der Waals surface area contributed by atoms with Crippen LogP contribution in [0.3, 0.4) is 0 Å². The van der Waals surface area contributed by atoms with Gasteiger partial charge in [-0.2, -0.15) is 0 Å². The second kappa shape index (κ2) is 12.2. The number of hydrogen-bond acceptors (Lipinski definition) is 6. The lowest BCUT2D eigenvalue weighted by molar-refractivity contribution is -0.116. The van der Waals surface area contributed by atoms with Crippen molar-refractivity contribution in [3.63, 3.8) is 0 Å². The number of phenolic OH excluding ortho intramolecular Hbond substituents is 1. The maximum atomic E-state index is 11.8. The zero-order valence-corrected chi connectivity index (χ0v) is 15.0. The van der Waals surface area contributed by atoms with Crippen molar-refractivity contribution >= 4 is 12.0 Å². The van der Waals surface area contributed by atoms with Crippen molar-refractivity contribution < 1.29 is 19.4 Å². The molecule has 0 aliphatic carbocycles. The van der Waals surface area contributed by atoms with E-state index in [1.807, 2.05) is 0 Å². The fraction of sp³-hybridized carbons (Fsp3) is 0.500. The molecule has 1 aromatic carbocycles. The number of ether oxygens (including phenoxy) is 2. The minimum atomic E-state index is -0.172. The Kier molecular flexibility index (Phi) is 10.1. The van der Waals surface area contributed by atoms with Crippen molar-refractivity contribution in [3.05, 3.63) is 23.8 Å². The van der Waals surface area contributed by atoms with Crippen molar-refractivity contribution in [2.45, 2.75) is 19.3 Å². The maximum Gasteiger partial charge on any atom is 0.243 e. The van der Waals surface area contributed by atoms with Gasteiger partial charge in [-0.25, -0.2) is 0 Å². The predicted molar refractivity (Wildman–Crippen MR) is 99.0 cm³/mol. The molecule has 0 spiro atoms. The number of nitrogens with one attached hydrogen (secondary N) is 2. The molecule has 0 aliphatic heterocycles. The number of benzene rings is 1. The normalized spacial score (nSPS) is 10.8. The van der Waals surface area contributed by atoms with Gasteiger partial charge in [0, 0.05) is 12.6 Å². The van der Waals surface area contributed by atoms with Gasteiger partial charge in [-0.05, 0) is 62.7 Å². The second-order valence-corrected chi connectivity index (χ2v) is 5.50. The minimum absolute atomic E-state index is 0.0643. The molecule has 0 saturated carbocycles. The highest BCUT2D eigenvalue weighted by Gasteiger charge is 2.10. The van der Waals surface area contributed by atoms with E-state index in [9.17, 15) is 9.90 Å². The summed E-state index contributed by atoms with van der Waals surface area (Å²) in [5.41, 5.74) is 6.12. The van der Waals surface area contributed by atoms with E-state index in [0.29, 0.717) is 23.6 Å². The largest absolute Gasteiger partial charge is 0.502 e. The number of amides is 1. The lowest BCUT2D eigenvalue weighted by Gasteiger charge is -2.09. The zero-order valence-electron chi connectivity index (χ0n) is 15.0. The number of rotatable bonds is 12. The molecule has 25 heavy (non-hydrogen) atoms. The van der Waals surface area contributed by atoms with Crippen LogP contribution in [-0.2, 0) is 4.79 Å². The molecule has 140 valence electrons. The van der Waals surface area contributed by atoms with Crippen LogP contribution in [0.15, 0.2) is 18.2 Å². The Hall–Kier alpha value is -2.25. The van der Waals surface area contributed by atoms with Gasteiger partial charge in [-0.1, -0.05) is 0 Å². The van der Waals surface area contributed by atoms with Crippen molar-refractivity contribution in [1.82, 2.24) is 10.6 Å². The highest BCUT2D eigenvalue weighted by molar-refractivity contribution is 5.91. The SMILES string of the molecule is COc1cc(C=CC(=O)NCCCNCCCCN)cc(OC)c1O. The molecule has 0 unspecified atom stereocenters. The van der Waals surface area contributed by atoms with Gasteiger partial charge in [0.25, 0.3) is 0 Å². The van der Waals surface area contributed by atoms with E-state index in [1.54, 1.807) is 18.2 Å². The summed E-state index contributed by atoms with van der Waals surface area (Å²) < 4.78 is 10.2. The van der Waals surface area contributed by atoms with Crippen molar-refractivity contribution in [1.29, 1.82) is 0 Å². The number of carbonyl (C=O) groups is 1. The highest BCUT2D eigenvalue weighted by Crippen LogP contribution is 2.37. The fourth-order valence-corrected chi connectivity index (χ4v) is 2.19. The Morgan fingerprint density at radius 2 is 1.76 bits per heavy atom. The monoisotopic (exact) mass is 351 g/mol. The topological polar surface area (TPSA) is 106 Å². The number of carbonyl (C=O) groups excluding carboxylic acids is 1. The third-order valence-corrected chi connectivity index (χ3v) is 3.57. The van der Waals surface area contributed by atoms with Crippen LogP contribution in [0.1, 0.15) is 24.8 Å². The molecule has 7 heteroatoms. The summed E-state index contributed by atoms with van der Waals surface area (Å²) in [5.74, 6) is 0.347. The number of methoxy groups -OCH3 is 2. The van der Waals surface area contributed by atoms with E-state index in [0.717, 1.165) is 38.9 Å². The molecule has 0 heterocycles. The second-order valence-electron chi connectivity index (χ2n) is 5.50. The first-order valence-corrected chi connectivity index (χ1v) is 8.44. The van der Waals surface area contributed by atoms with E-state index in [2.05, 4.69) is 10.6 Å². The van der Waals surface area contributed by atoms with Gasteiger partial charge >= 0.3 is 0 Å². The molecule has 0 fully saturated rings. The van der Waals surface area contributed by atoms with Crippen LogP contribution in [0, 0.1) is 0 Å². The number of hydrogen-bond donors (Lipinski definition) is 4.